The third-order valence-corrected chi connectivity index (χ3v) is 4.69. The number of hydrogen-bond acceptors (Lipinski definition) is 2. The van der Waals surface area contributed by atoms with Crippen LogP contribution in [-0.4, -0.2) is 12.6 Å². The maximum absolute atomic E-state index is 5.76. The lowest BCUT2D eigenvalue weighted by Gasteiger charge is -2.23. The van der Waals surface area contributed by atoms with Gasteiger partial charge in [-0.25, -0.2) is 0 Å². The molecule has 1 N–H and O–H groups in total. The van der Waals surface area contributed by atoms with Gasteiger partial charge in [0.15, 0.2) is 0 Å². The van der Waals surface area contributed by atoms with Crippen molar-refractivity contribution in [3.8, 4) is 5.75 Å². The third-order valence-electron chi connectivity index (χ3n) is 4.69. The van der Waals surface area contributed by atoms with Crippen LogP contribution in [0.2, 0.25) is 0 Å². The molecule has 0 fully saturated rings. The van der Waals surface area contributed by atoms with Gasteiger partial charge in [0, 0.05) is 6.04 Å². The van der Waals surface area contributed by atoms with Crippen LogP contribution in [0.5, 0.6) is 5.75 Å². The first kappa shape index (κ1) is 19.5. The summed E-state index contributed by atoms with van der Waals surface area (Å²) in [7, 11) is 0. The molecule has 0 unspecified atom stereocenters. The van der Waals surface area contributed by atoms with Crippen molar-refractivity contribution in [3.63, 3.8) is 0 Å². The lowest BCUT2D eigenvalue weighted by molar-refractivity contribution is 0.242. The summed E-state index contributed by atoms with van der Waals surface area (Å²) in [6.45, 7) is 12.0. The molecule has 0 aliphatic rings. The average Bonchev–Trinajstić information content (AvgIpc) is 2.59. The predicted molar refractivity (Wildman–Crippen MR) is 107 cm³/mol. The van der Waals surface area contributed by atoms with E-state index < -0.39 is 0 Å². The molecule has 0 heterocycles. The monoisotopic (exact) mass is 339 g/mol. The Hall–Kier alpha value is -1.80. The van der Waals surface area contributed by atoms with E-state index in [2.05, 4.69) is 94.5 Å². The van der Waals surface area contributed by atoms with Gasteiger partial charge in [0.2, 0.25) is 0 Å². The Morgan fingerprint density at radius 3 is 2.00 bits per heavy atom. The second-order valence-corrected chi connectivity index (χ2v) is 7.46. The number of ether oxygens (including phenoxy) is 1. The highest BCUT2D eigenvalue weighted by atomic mass is 16.5. The minimum atomic E-state index is 0.218. The van der Waals surface area contributed by atoms with Gasteiger partial charge >= 0.3 is 0 Å². The Labute approximate surface area is 153 Å². The minimum absolute atomic E-state index is 0.218. The molecule has 2 rings (SSSR count). The van der Waals surface area contributed by atoms with Crippen LogP contribution in [0.15, 0.2) is 54.6 Å². The standard InChI is InChI=1S/C23H33NO/c1-17(2)23(21-11-13-22(14-12-21)25-18(3)4)15-16-24-19(5)20-9-7-6-8-10-20/h6-14,17-19,23-24H,15-16H2,1-5H3/t19-,23+/m1/s1. The highest BCUT2D eigenvalue weighted by molar-refractivity contribution is 5.30. The van der Waals surface area contributed by atoms with Gasteiger partial charge in [-0.1, -0.05) is 56.3 Å². The molecule has 0 aliphatic heterocycles. The minimum Gasteiger partial charge on any atom is -0.491 e. The summed E-state index contributed by atoms with van der Waals surface area (Å²) in [5.41, 5.74) is 2.75. The van der Waals surface area contributed by atoms with Gasteiger partial charge in [-0.05, 0) is 68.8 Å². The summed E-state index contributed by atoms with van der Waals surface area (Å²) in [6.07, 6.45) is 1.36. The van der Waals surface area contributed by atoms with Crippen LogP contribution in [0, 0.1) is 5.92 Å². The molecule has 0 saturated heterocycles. The average molecular weight is 340 g/mol. The van der Waals surface area contributed by atoms with E-state index in [-0.39, 0.29) is 6.10 Å². The quantitative estimate of drug-likeness (QED) is 0.609. The summed E-state index contributed by atoms with van der Waals surface area (Å²) in [5.74, 6) is 2.13. The van der Waals surface area contributed by atoms with E-state index in [9.17, 15) is 0 Å². The normalized spacial score (nSPS) is 13.9. The zero-order valence-corrected chi connectivity index (χ0v) is 16.3. The number of nitrogens with one attached hydrogen (secondary N) is 1. The smallest absolute Gasteiger partial charge is 0.119 e. The molecule has 2 aromatic rings. The van der Waals surface area contributed by atoms with E-state index in [1.807, 2.05) is 0 Å². The third kappa shape index (κ3) is 6.21. The summed E-state index contributed by atoms with van der Waals surface area (Å²) in [4.78, 5) is 0. The van der Waals surface area contributed by atoms with Gasteiger partial charge in [-0.15, -0.1) is 0 Å². The van der Waals surface area contributed by atoms with Crippen LogP contribution in [0.25, 0.3) is 0 Å². The van der Waals surface area contributed by atoms with Crippen LogP contribution in [0.4, 0.5) is 0 Å². The van der Waals surface area contributed by atoms with Gasteiger partial charge in [0.05, 0.1) is 6.10 Å². The summed E-state index contributed by atoms with van der Waals surface area (Å²) < 4.78 is 5.76. The van der Waals surface area contributed by atoms with Crippen molar-refractivity contribution in [1.82, 2.24) is 5.32 Å². The summed E-state index contributed by atoms with van der Waals surface area (Å²) >= 11 is 0. The molecule has 0 saturated carbocycles. The van der Waals surface area contributed by atoms with Crippen molar-refractivity contribution in [1.29, 1.82) is 0 Å². The molecule has 2 nitrogen and oxygen atoms in total. The maximum Gasteiger partial charge on any atom is 0.119 e. The fourth-order valence-corrected chi connectivity index (χ4v) is 3.27. The second-order valence-electron chi connectivity index (χ2n) is 7.46. The molecule has 136 valence electrons. The van der Waals surface area contributed by atoms with Crippen molar-refractivity contribution in [2.75, 3.05) is 6.54 Å². The number of benzene rings is 2. The fourth-order valence-electron chi connectivity index (χ4n) is 3.27. The number of rotatable bonds is 9. The zero-order chi connectivity index (χ0) is 18.2. The Morgan fingerprint density at radius 1 is 0.800 bits per heavy atom. The largest absolute Gasteiger partial charge is 0.491 e. The summed E-state index contributed by atoms with van der Waals surface area (Å²) in [6, 6.07) is 19.7. The summed E-state index contributed by atoms with van der Waals surface area (Å²) in [5, 5.41) is 3.67. The Kier molecular flexibility index (Phi) is 7.52. The van der Waals surface area contributed by atoms with E-state index >= 15 is 0 Å². The SMILES string of the molecule is CC(C)Oc1ccc([C@@H](CCN[C@H](C)c2ccccc2)C(C)C)cc1. The van der Waals surface area contributed by atoms with Gasteiger partial charge < -0.3 is 10.1 Å². The Bertz CT molecular complexity index is 604. The predicted octanol–water partition coefficient (Wildman–Crippen LogP) is 5.95. The highest BCUT2D eigenvalue weighted by Gasteiger charge is 2.16. The first-order valence-electron chi connectivity index (χ1n) is 9.52. The van der Waals surface area contributed by atoms with Gasteiger partial charge in [-0.2, -0.15) is 0 Å². The molecule has 25 heavy (non-hydrogen) atoms. The van der Waals surface area contributed by atoms with Crippen molar-refractivity contribution < 1.29 is 4.74 Å². The first-order valence-corrected chi connectivity index (χ1v) is 9.52. The number of hydrogen-bond donors (Lipinski definition) is 1. The van der Waals surface area contributed by atoms with Crippen molar-refractivity contribution in [3.05, 3.63) is 65.7 Å². The fraction of sp³-hybridized carbons (Fsp3) is 0.478. The molecule has 0 bridgehead atoms. The Morgan fingerprint density at radius 2 is 1.44 bits per heavy atom. The molecule has 2 heteroatoms. The van der Waals surface area contributed by atoms with Crippen LogP contribution in [0.3, 0.4) is 0 Å². The van der Waals surface area contributed by atoms with Crippen LogP contribution in [0.1, 0.15) is 64.1 Å². The van der Waals surface area contributed by atoms with Crippen molar-refractivity contribution >= 4 is 0 Å². The van der Waals surface area contributed by atoms with Crippen LogP contribution >= 0.6 is 0 Å². The van der Waals surface area contributed by atoms with E-state index in [1.54, 1.807) is 0 Å². The van der Waals surface area contributed by atoms with E-state index in [4.69, 9.17) is 4.74 Å². The lowest BCUT2D eigenvalue weighted by Crippen LogP contribution is -2.22. The van der Waals surface area contributed by atoms with E-state index in [0.29, 0.717) is 17.9 Å². The molecule has 0 aliphatic carbocycles. The van der Waals surface area contributed by atoms with Crippen molar-refractivity contribution in [2.24, 2.45) is 5.92 Å². The molecule has 0 radical (unpaired) electrons. The molecule has 0 aromatic heterocycles. The molecular weight excluding hydrogens is 306 g/mol. The zero-order valence-electron chi connectivity index (χ0n) is 16.3. The molecule has 2 aromatic carbocycles. The second kappa shape index (κ2) is 9.62. The van der Waals surface area contributed by atoms with E-state index in [1.165, 1.54) is 11.1 Å². The van der Waals surface area contributed by atoms with Crippen LogP contribution < -0.4 is 10.1 Å². The topological polar surface area (TPSA) is 21.3 Å². The Balaban J connectivity index is 1.92. The maximum atomic E-state index is 5.76. The van der Waals surface area contributed by atoms with Gasteiger partial charge in [0.25, 0.3) is 0 Å². The first-order chi connectivity index (χ1) is 12.0. The molecule has 2 atom stereocenters. The van der Waals surface area contributed by atoms with Gasteiger partial charge in [0.1, 0.15) is 5.75 Å². The lowest BCUT2D eigenvalue weighted by atomic mass is 9.85. The highest BCUT2D eigenvalue weighted by Crippen LogP contribution is 2.29. The van der Waals surface area contributed by atoms with Crippen molar-refractivity contribution in [2.45, 2.75) is 59.1 Å². The van der Waals surface area contributed by atoms with Gasteiger partial charge in [-0.3, -0.25) is 0 Å². The molecular formula is C23H33NO. The van der Waals surface area contributed by atoms with Crippen LogP contribution in [-0.2, 0) is 0 Å². The van der Waals surface area contributed by atoms with E-state index in [0.717, 1.165) is 18.7 Å². The molecule has 0 spiro atoms. The molecule has 0 amide bonds.